The number of hydrogen-bond acceptors (Lipinski definition) is 6. The van der Waals surface area contributed by atoms with Gasteiger partial charge in [-0.1, -0.05) is 66.2 Å². The lowest BCUT2D eigenvalue weighted by atomic mass is 9.85. The second-order valence-electron chi connectivity index (χ2n) is 13.3. The van der Waals surface area contributed by atoms with E-state index >= 15 is 0 Å². The van der Waals surface area contributed by atoms with Gasteiger partial charge in [-0.25, -0.2) is 0 Å². The molecule has 5 rings (SSSR count). The maximum Gasteiger partial charge on any atom is 0.489 e. The SMILES string of the molecule is Cc1cc(C)c(N(c2ccc(C(c3ccc(N(c4c(C)cc(C)c(S(=O)(=O)O)c4C)C(F)(F)F)cc3)c3ccccc3S(=O)(=O)O)cc2)C(F)(F)F)c(C)c1. The van der Waals surface area contributed by atoms with Gasteiger partial charge in [0.15, 0.2) is 0 Å². The summed E-state index contributed by atoms with van der Waals surface area (Å²) in [6.45, 7) is 8.70. The van der Waals surface area contributed by atoms with Crippen LogP contribution < -0.4 is 9.80 Å². The molecule has 0 amide bonds. The summed E-state index contributed by atoms with van der Waals surface area (Å²) in [6.07, 6.45) is -9.98. The van der Waals surface area contributed by atoms with Gasteiger partial charge in [0.05, 0.1) is 16.3 Å². The number of rotatable bonds is 9. The van der Waals surface area contributed by atoms with E-state index in [1.807, 2.05) is 0 Å². The van der Waals surface area contributed by atoms with Crippen molar-refractivity contribution in [2.75, 3.05) is 9.80 Å². The van der Waals surface area contributed by atoms with Crippen molar-refractivity contribution in [2.24, 2.45) is 0 Å². The Hall–Kier alpha value is -4.90. The van der Waals surface area contributed by atoms with Crippen LogP contribution in [0.2, 0.25) is 0 Å². The fourth-order valence-corrected chi connectivity index (χ4v) is 9.05. The fraction of sp³-hybridized carbons (Fsp3) is 0.231. The Morgan fingerprint density at radius 3 is 1.38 bits per heavy atom. The van der Waals surface area contributed by atoms with Crippen molar-refractivity contribution in [3.8, 4) is 0 Å². The molecule has 8 nitrogen and oxygen atoms in total. The molecule has 1 atom stereocenters. The highest BCUT2D eigenvalue weighted by Crippen LogP contribution is 2.45. The van der Waals surface area contributed by atoms with E-state index in [1.165, 1.54) is 74.5 Å². The minimum absolute atomic E-state index is 0.0147. The zero-order chi connectivity index (χ0) is 41.0. The number of hydrogen-bond donors (Lipinski definition) is 2. The predicted octanol–water partition coefficient (Wildman–Crippen LogP) is 10.5. The number of aryl methyl sites for hydroxylation is 5. The number of nitrogens with zero attached hydrogens (tertiary/aromatic N) is 2. The molecule has 1 unspecified atom stereocenters. The molecule has 292 valence electrons. The summed E-state index contributed by atoms with van der Waals surface area (Å²) >= 11 is 0. The molecular weight excluding hydrogens is 771 g/mol. The van der Waals surface area contributed by atoms with E-state index in [1.54, 1.807) is 32.9 Å². The largest absolute Gasteiger partial charge is 0.489 e. The topological polar surface area (TPSA) is 115 Å². The summed E-state index contributed by atoms with van der Waals surface area (Å²) in [5.41, 5.74) is 0.298. The van der Waals surface area contributed by atoms with E-state index in [0.717, 1.165) is 30.7 Å². The molecule has 0 heterocycles. The third kappa shape index (κ3) is 8.37. The van der Waals surface area contributed by atoms with Crippen molar-refractivity contribution in [3.05, 3.63) is 141 Å². The Bertz CT molecular complexity index is 2460. The predicted molar refractivity (Wildman–Crippen MR) is 198 cm³/mol. The quantitative estimate of drug-likeness (QED) is 0.0655. The highest BCUT2D eigenvalue weighted by atomic mass is 32.2. The van der Waals surface area contributed by atoms with Crippen LogP contribution in [0.15, 0.2) is 101 Å². The van der Waals surface area contributed by atoms with Gasteiger partial charge in [0, 0.05) is 17.3 Å². The van der Waals surface area contributed by atoms with Crippen LogP contribution in [-0.2, 0) is 20.2 Å². The van der Waals surface area contributed by atoms with Gasteiger partial charge in [-0.2, -0.15) is 16.8 Å². The van der Waals surface area contributed by atoms with Crippen LogP contribution in [0.3, 0.4) is 0 Å². The molecule has 5 aromatic rings. The van der Waals surface area contributed by atoms with E-state index in [2.05, 4.69) is 0 Å². The van der Waals surface area contributed by atoms with Crippen molar-refractivity contribution < 1.29 is 52.3 Å². The normalized spacial score (nSPS) is 13.1. The van der Waals surface area contributed by atoms with Crippen LogP contribution in [0, 0.1) is 41.5 Å². The van der Waals surface area contributed by atoms with Gasteiger partial charge in [0.1, 0.15) is 4.90 Å². The molecule has 0 aliphatic heterocycles. The van der Waals surface area contributed by atoms with Gasteiger partial charge in [-0.15, -0.1) is 26.3 Å². The van der Waals surface area contributed by atoms with Gasteiger partial charge in [0.25, 0.3) is 20.2 Å². The Balaban J connectivity index is 1.70. The smallest absolute Gasteiger partial charge is 0.282 e. The standard InChI is InChI=1S/C39H36F6N2O6S2/c1-22-19-23(2)35(24(3)20-22)46(38(40,41)42)30-15-11-28(12-16-30)34(32-9-7-8-10-33(32)54(48,49)50)29-13-17-31(18-14-29)47(39(43,44)45)36-25(4)21-26(5)37(27(36)6)55(51,52)53/h7-21,34H,1-6H3,(H,48,49,50)(H,51,52,53). The molecule has 0 bridgehead atoms. The van der Waals surface area contributed by atoms with Gasteiger partial charge in [0.2, 0.25) is 0 Å². The van der Waals surface area contributed by atoms with Gasteiger partial charge < -0.3 is 0 Å². The highest BCUT2D eigenvalue weighted by Gasteiger charge is 2.42. The fourth-order valence-electron chi connectivity index (χ4n) is 7.37. The summed E-state index contributed by atoms with van der Waals surface area (Å²) in [5.74, 6) is -1.14. The van der Waals surface area contributed by atoms with Crippen molar-refractivity contribution in [2.45, 2.75) is 69.9 Å². The van der Waals surface area contributed by atoms with Crippen molar-refractivity contribution >= 4 is 43.0 Å². The molecule has 0 saturated heterocycles. The summed E-state index contributed by atoms with van der Waals surface area (Å²) in [7, 11) is -9.80. The molecule has 0 aliphatic rings. The molecule has 0 spiro atoms. The number of halogens is 6. The Morgan fingerprint density at radius 1 is 0.545 bits per heavy atom. The average Bonchev–Trinajstić information content (AvgIpc) is 3.03. The molecule has 0 aliphatic carbocycles. The average molecular weight is 807 g/mol. The molecule has 0 fully saturated rings. The van der Waals surface area contributed by atoms with Gasteiger partial charge >= 0.3 is 12.6 Å². The molecular formula is C39H36F6N2O6S2. The molecule has 0 aromatic heterocycles. The minimum Gasteiger partial charge on any atom is -0.282 e. The number of alkyl halides is 6. The second kappa shape index (κ2) is 14.6. The zero-order valence-corrected chi connectivity index (χ0v) is 31.9. The zero-order valence-electron chi connectivity index (χ0n) is 30.2. The molecule has 16 heteroatoms. The lowest BCUT2D eigenvalue weighted by molar-refractivity contribution is -0.121. The van der Waals surface area contributed by atoms with Crippen LogP contribution in [0.25, 0.3) is 0 Å². The second-order valence-corrected chi connectivity index (χ2v) is 16.0. The first-order valence-corrected chi connectivity index (χ1v) is 19.4. The number of anilines is 4. The summed E-state index contributed by atoms with van der Waals surface area (Å²) in [6, 6.07) is 19.5. The Kier molecular flexibility index (Phi) is 11.0. The lowest BCUT2D eigenvalue weighted by Crippen LogP contribution is -2.35. The molecule has 55 heavy (non-hydrogen) atoms. The van der Waals surface area contributed by atoms with E-state index in [0.29, 0.717) is 11.1 Å². The summed E-state index contributed by atoms with van der Waals surface area (Å²) in [5, 5.41) is 0. The third-order valence-electron chi connectivity index (χ3n) is 9.19. The molecule has 0 saturated carbocycles. The van der Waals surface area contributed by atoms with E-state index in [4.69, 9.17) is 0 Å². The van der Waals surface area contributed by atoms with Crippen molar-refractivity contribution in [1.82, 2.24) is 0 Å². The lowest BCUT2D eigenvalue weighted by Gasteiger charge is -2.32. The van der Waals surface area contributed by atoms with Crippen molar-refractivity contribution in [1.29, 1.82) is 0 Å². The molecule has 2 N–H and O–H groups in total. The van der Waals surface area contributed by atoms with Crippen LogP contribution >= 0.6 is 0 Å². The van der Waals surface area contributed by atoms with Crippen LogP contribution in [0.5, 0.6) is 0 Å². The van der Waals surface area contributed by atoms with Crippen molar-refractivity contribution in [3.63, 3.8) is 0 Å². The van der Waals surface area contributed by atoms with Gasteiger partial charge in [-0.05, 0) is 116 Å². The first-order valence-electron chi connectivity index (χ1n) is 16.5. The molecule has 0 radical (unpaired) electrons. The maximum atomic E-state index is 14.9. The Labute approximate surface area is 315 Å². The van der Waals surface area contributed by atoms with Crippen LogP contribution in [0.1, 0.15) is 56.0 Å². The van der Waals surface area contributed by atoms with E-state index in [-0.39, 0.29) is 54.6 Å². The minimum atomic E-state index is -5.12. The monoisotopic (exact) mass is 806 g/mol. The first-order chi connectivity index (χ1) is 25.3. The first kappa shape index (κ1) is 41.3. The highest BCUT2D eigenvalue weighted by molar-refractivity contribution is 7.86. The summed E-state index contributed by atoms with van der Waals surface area (Å²) < 4.78 is 158. The number of benzene rings is 5. The van der Waals surface area contributed by atoms with Crippen LogP contribution in [-0.4, -0.2) is 38.5 Å². The third-order valence-corrected chi connectivity index (χ3v) is 11.3. The maximum absolute atomic E-state index is 14.9. The molecule has 5 aromatic carbocycles. The van der Waals surface area contributed by atoms with E-state index < -0.39 is 59.9 Å². The summed E-state index contributed by atoms with van der Waals surface area (Å²) in [4.78, 5) is -1.03. The Morgan fingerprint density at radius 2 is 0.964 bits per heavy atom. The van der Waals surface area contributed by atoms with Crippen LogP contribution in [0.4, 0.5) is 49.1 Å². The van der Waals surface area contributed by atoms with E-state index in [9.17, 15) is 52.3 Å². The van der Waals surface area contributed by atoms with Gasteiger partial charge in [-0.3, -0.25) is 18.9 Å².